The summed E-state index contributed by atoms with van der Waals surface area (Å²) in [6.07, 6.45) is 0.791. The summed E-state index contributed by atoms with van der Waals surface area (Å²) in [5.74, 6) is 0.323. The van der Waals surface area contributed by atoms with Crippen LogP contribution in [-0.2, 0) is 9.53 Å². The molecule has 0 bridgehead atoms. The molecule has 0 aromatic rings. The van der Waals surface area contributed by atoms with Crippen LogP contribution in [0.1, 0.15) is 54.9 Å². The Labute approximate surface area is 111 Å². The number of hydrogen-bond acceptors (Lipinski definition) is 3. The first-order chi connectivity index (χ1) is 7.99. The van der Waals surface area contributed by atoms with Crippen LogP contribution in [0.15, 0.2) is 0 Å². The minimum Gasteiger partial charge on any atom is -0.444 e. The predicted octanol–water partition coefficient (Wildman–Crippen LogP) is 3.25. The highest BCUT2D eigenvalue weighted by Gasteiger charge is 2.34. The summed E-state index contributed by atoms with van der Waals surface area (Å²) >= 11 is 0. The van der Waals surface area contributed by atoms with Crippen LogP contribution in [0.5, 0.6) is 0 Å². The Morgan fingerprint density at radius 3 is 2.06 bits per heavy atom. The molecular formula is C14H27NO3. The Balaban J connectivity index is 4.99. The van der Waals surface area contributed by atoms with Gasteiger partial charge in [0, 0.05) is 18.5 Å². The summed E-state index contributed by atoms with van der Waals surface area (Å²) in [4.78, 5) is 24.6. The van der Waals surface area contributed by atoms with Crippen LogP contribution in [0.3, 0.4) is 0 Å². The first-order valence-corrected chi connectivity index (χ1v) is 6.44. The maximum atomic E-state index is 12.2. The average molecular weight is 257 g/mol. The first kappa shape index (κ1) is 16.9. The van der Waals surface area contributed by atoms with Gasteiger partial charge in [-0.3, -0.25) is 0 Å². The van der Waals surface area contributed by atoms with Crippen LogP contribution >= 0.6 is 0 Å². The third-order valence-corrected chi connectivity index (χ3v) is 2.48. The fourth-order valence-corrected chi connectivity index (χ4v) is 1.57. The van der Waals surface area contributed by atoms with Crippen molar-refractivity contribution in [2.45, 2.75) is 66.0 Å². The van der Waals surface area contributed by atoms with Crippen molar-refractivity contribution in [1.29, 1.82) is 0 Å². The van der Waals surface area contributed by atoms with Gasteiger partial charge in [-0.05, 0) is 40.5 Å². The third-order valence-electron chi connectivity index (χ3n) is 2.48. The monoisotopic (exact) mass is 257 g/mol. The number of amides is 1. The van der Waals surface area contributed by atoms with Crippen LogP contribution < -0.4 is 0 Å². The number of carbonyl (C=O) groups is 2. The molecule has 1 amide bonds. The number of aldehydes is 1. The molecule has 0 aliphatic carbocycles. The van der Waals surface area contributed by atoms with Crippen molar-refractivity contribution in [2.24, 2.45) is 5.92 Å². The van der Waals surface area contributed by atoms with Gasteiger partial charge < -0.3 is 14.4 Å². The maximum absolute atomic E-state index is 12.2. The van der Waals surface area contributed by atoms with E-state index in [4.69, 9.17) is 4.74 Å². The summed E-state index contributed by atoms with van der Waals surface area (Å²) in [6, 6.07) is 0. The largest absolute Gasteiger partial charge is 0.444 e. The average Bonchev–Trinajstić information content (AvgIpc) is 2.10. The fraction of sp³-hybridized carbons (Fsp3) is 0.857. The van der Waals surface area contributed by atoms with Crippen molar-refractivity contribution in [1.82, 2.24) is 4.90 Å². The molecule has 0 spiro atoms. The van der Waals surface area contributed by atoms with Gasteiger partial charge in [0.1, 0.15) is 11.9 Å². The molecule has 106 valence electrons. The van der Waals surface area contributed by atoms with Crippen molar-refractivity contribution < 1.29 is 14.3 Å². The molecule has 0 unspecified atom stereocenters. The Kier molecular flexibility index (Phi) is 5.84. The van der Waals surface area contributed by atoms with E-state index in [9.17, 15) is 9.59 Å². The van der Waals surface area contributed by atoms with E-state index in [0.29, 0.717) is 18.9 Å². The molecule has 0 aromatic heterocycles. The van der Waals surface area contributed by atoms with Crippen LogP contribution in [-0.4, -0.2) is 35.0 Å². The highest BCUT2D eigenvalue weighted by Crippen LogP contribution is 2.22. The molecule has 0 radical (unpaired) electrons. The SMILES string of the molecule is CC(C)CN(C(=O)OC(C)(C)C)C(C)(C)CC=O. The smallest absolute Gasteiger partial charge is 0.410 e. The molecule has 0 saturated heterocycles. The van der Waals surface area contributed by atoms with Crippen LogP contribution in [0.4, 0.5) is 4.79 Å². The van der Waals surface area contributed by atoms with Gasteiger partial charge >= 0.3 is 6.09 Å². The number of ether oxygens (including phenoxy) is 1. The normalized spacial score (nSPS) is 12.4. The molecule has 0 aromatic carbocycles. The highest BCUT2D eigenvalue weighted by atomic mass is 16.6. The first-order valence-electron chi connectivity index (χ1n) is 6.44. The minimum absolute atomic E-state index is 0.305. The molecule has 0 heterocycles. The van der Waals surface area contributed by atoms with Crippen molar-refractivity contribution in [3.63, 3.8) is 0 Å². The lowest BCUT2D eigenvalue weighted by Crippen LogP contribution is -2.51. The molecule has 0 N–H and O–H groups in total. The van der Waals surface area contributed by atoms with E-state index in [1.807, 2.05) is 48.5 Å². The van der Waals surface area contributed by atoms with Crippen molar-refractivity contribution in [3.8, 4) is 0 Å². The van der Waals surface area contributed by atoms with Crippen LogP contribution in [0.25, 0.3) is 0 Å². The molecular weight excluding hydrogens is 230 g/mol. The van der Waals surface area contributed by atoms with Gasteiger partial charge in [0.25, 0.3) is 0 Å². The number of carbonyl (C=O) groups excluding carboxylic acids is 2. The molecule has 0 rings (SSSR count). The molecule has 18 heavy (non-hydrogen) atoms. The second kappa shape index (κ2) is 6.21. The van der Waals surface area contributed by atoms with Crippen LogP contribution in [0.2, 0.25) is 0 Å². The van der Waals surface area contributed by atoms with Crippen molar-refractivity contribution in [3.05, 3.63) is 0 Å². The minimum atomic E-state index is -0.524. The van der Waals surface area contributed by atoms with Crippen molar-refractivity contribution >= 4 is 12.4 Å². The Morgan fingerprint density at radius 1 is 1.22 bits per heavy atom. The maximum Gasteiger partial charge on any atom is 0.410 e. The summed E-state index contributed by atoms with van der Waals surface area (Å²) < 4.78 is 5.40. The van der Waals surface area contributed by atoms with E-state index < -0.39 is 11.1 Å². The van der Waals surface area contributed by atoms with E-state index in [1.54, 1.807) is 4.90 Å². The van der Waals surface area contributed by atoms with Gasteiger partial charge in [-0.15, -0.1) is 0 Å². The zero-order valence-corrected chi connectivity index (χ0v) is 12.7. The van der Waals surface area contributed by atoms with Gasteiger partial charge in [0.15, 0.2) is 0 Å². The van der Waals surface area contributed by atoms with Crippen LogP contribution in [0, 0.1) is 5.92 Å². The molecule has 0 saturated carbocycles. The number of rotatable bonds is 5. The fourth-order valence-electron chi connectivity index (χ4n) is 1.57. The highest BCUT2D eigenvalue weighted by molar-refractivity contribution is 5.70. The predicted molar refractivity (Wildman–Crippen MR) is 72.5 cm³/mol. The second-order valence-electron chi connectivity index (χ2n) is 6.67. The Bertz CT molecular complexity index is 290. The summed E-state index contributed by atoms with van der Waals surface area (Å²) in [6.45, 7) is 13.9. The zero-order valence-electron chi connectivity index (χ0n) is 12.7. The van der Waals surface area contributed by atoms with Crippen molar-refractivity contribution in [2.75, 3.05) is 6.54 Å². The van der Waals surface area contributed by atoms with Gasteiger partial charge in [-0.1, -0.05) is 13.8 Å². The zero-order chi connectivity index (χ0) is 14.6. The van der Waals surface area contributed by atoms with E-state index in [1.165, 1.54) is 0 Å². The summed E-state index contributed by atoms with van der Waals surface area (Å²) in [5, 5.41) is 0. The van der Waals surface area contributed by atoms with E-state index in [-0.39, 0.29) is 6.09 Å². The number of hydrogen-bond donors (Lipinski definition) is 0. The van der Waals surface area contributed by atoms with Gasteiger partial charge in [-0.2, -0.15) is 0 Å². The topological polar surface area (TPSA) is 46.6 Å². The van der Waals surface area contributed by atoms with Gasteiger partial charge in [-0.25, -0.2) is 4.79 Å². The number of nitrogens with zero attached hydrogens (tertiary/aromatic N) is 1. The Morgan fingerprint density at radius 2 is 1.72 bits per heavy atom. The lowest BCUT2D eigenvalue weighted by atomic mass is 9.98. The lowest BCUT2D eigenvalue weighted by molar-refractivity contribution is -0.110. The quantitative estimate of drug-likeness (QED) is 0.710. The van der Waals surface area contributed by atoms with Gasteiger partial charge in [0.05, 0.1) is 0 Å². The molecule has 0 atom stereocenters. The standard InChI is InChI=1S/C14H27NO3/c1-11(2)10-15(14(6,7)8-9-16)12(17)18-13(3,4)5/h9,11H,8,10H2,1-7H3. The molecule has 0 aliphatic rings. The lowest BCUT2D eigenvalue weighted by Gasteiger charge is -2.39. The Hall–Kier alpha value is -1.06. The van der Waals surface area contributed by atoms with E-state index >= 15 is 0 Å². The third kappa shape index (κ3) is 6.03. The molecule has 4 nitrogen and oxygen atoms in total. The molecule has 4 heteroatoms. The molecule has 0 fully saturated rings. The molecule has 0 aliphatic heterocycles. The summed E-state index contributed by atoms with van der Waals surface area (Å²) in [5.41, 5.74) is -1.04. The van der Waals surface area contributed by atoms with E-state index in [0.717, 1.165) is 6.29 Å². The summed E-state index contributed by atoms with van der Waals surface area (Å²) in [7, 11) is 0. The van der Waals surface area contributed by atoms with Gasteiger partial charge in [0.2, 0.25) is 0 Å². The van der Waals surface area contributed by atoms with E-state index in [2.05, 4.69) is 0 Å². The second-order valence-corrected chi connectivity index (χ2v) is 6.67.